The van der Waals surface area contributed by atoms with Crippen LogP contribution < -0.4 is 10.8 Å². The molecule has 1 saturated heterocycles. The second-order valence-corrected chi connectivity index (χ2v) is 7.45. The first-order valence-corrected chi connectivity index (χ1v) is 8.64. The molecule has 6 atom stereocenters. The molecule has 1 aliphatic heterocycles. The summed E-state index contributed by atoms with van der Waals surface area (Å²) in [7, 11) is 0. The molecule has 0 aromatic rings. The zero-order valence-corrected chi connectivity index (χ0v) is 15.0. The minimum atomic E-state index is -1.23. The molecular weight excluding hydrogens is 334 g/mol. The van der Waals surface area contributed by atoms with E-state index in [9.17, 15) is 15.3 Å². The number of carbonyl (C=O) groups is 1. The lowest BCUT2D eigenvalue weighted by atomic mass is 9.82. The van der Waals surface area contributed by atoms with Crippen molar-refractivity contribution >= 4 is 18.2 Å². The lowest BCUT2D eigenvalue weighted by Gasteiger charge is -2.42. The number of carboxylic acid groups (broad SMARTS) is 1. The highest BCUT2D eigenvalue weighted by molar-refractivity contribution is 7.99. The van der Waals surface area contributed by atoms with Gasteiger partial charge in [0.15, 0.2) is 0 Å². The van der Waals surface area contributed by atoms with Crippen molar-refractivity contribution in [3.05, 3.63) is 25.3 Å². The van der Waals surface area contributed by atoms with E-state index in [1.54, 1.807) is 6.08 Å². The van der Waals surface area contributed by atoms with Crippen LogP contribution in [0.15, 0.2) is 25.3 Å². The van der Waals surface area contributed by atoms with Crippen LogP contribution in [0.1, 0.15) is 20.3 Å². The Labute approximate surface area is 147 Å². The fourth-order valence-electron chi connectivity index (χ4n) is 2.44. The molecule has 0 amide bonds. The summed E-state index contributed by atoms with van der Waals surface area (Å²) in [5.74, 6) is 0.594. The van der Waals surface area contributed by atoms with Gasteiger partial charge in [0.1, 0.15) is 35.9 Å². The molecule has 0 aliphatic carbocycles. The molecule has 0 bridgehead atoms. The van der Waals surface area contributed by atoms with Gasteiger partial charge in [0, 0.05) is 18.6 Å². The van der Waals surface area contributed by atoms with Gasteiger partial charge in [0.2, 0.25) is 0 Å². The first-order valence-electron chi connectivity index (χ1n) is 7.59. The van der Waals surface area contributed by atoms with E-state index in [1.807, 2.05) is 19.9 Å². The van der Waals surface area contributed by atoms with E-state index in [0.29, 0.717) is 12.2 Å². The van der Waals surface area contributed by atoms with Crippen molar-refractivity contribution in [2.24, 2.45) is 5.41 Å². The number of carbonyl (C=O) groups excluding carboxylic acids is 1. The molecule has 1 aliphatic rings. The van der Waals surface area contributed by atoms with Crippen molar-refractivity contribution < 1.29 is 35.7 Å². The molecule has 0 aromatic heterocycles. The predicted octanol–water partition coefficient (Wildman–Crippen LogP) is -1.71. The van der Waals surface area contributed by atoms with Gasteiger partial charge in [0.25, 0.3) is 0 Å². The second kappa shape index (κ2) is 10.9. The molecular formula is C16H29NO6S. The Balaban J connectivity index is 0.00000163. The van der Waals surface area contributed by atoms with Crippen molar-refractivity contribution in [2.45, 2.75) is 56.2 Å². The van der Waals surface area contributed by atoms with E-state index in [2.05, 4.69) is 18.9 Å². The Hall–Kier alpha value is -0.900. The maximum Gasteiger partial charge on any atom is 0.139 e. The third kappa shape index (κ3) is 6.92. The number of rotatable bonds is 7. The predicted molar refractivity (Wildman–Crippen MR) is 90.7 cm³/mol. The molecule has 8 heteroatoms. The van der Waals surface area contributed by atoms with Gasteiger partial charge in [-0.05, 0) is 5.41 Å². The number of quaternary nitrogens is 1. The summed E-state index contributed by atoms with van der Waals surface area (Å²) >= 11 is 1.35. The van der Waals surface area contributed by atoms with Gasteiger partial charge in [0.05, 0.1) is 0 Å². The number of allylic oxidation sites excluding steroid dienone is 1. The van der Waals surface area contributed by atoms with Crippen molar-refractivity contribution in [1.82, 2.24) is 0 Å². The van der Waals surface area contributed by atoms with Gasteiger partial charge in [-0.3, -0.25) is 0 Å². The van der Waals surface area contributed by atoms with Crippen molar-refractivity contribution in [3.63, 3.8) is 0 Å². The third-order valence-corrected chi connectivity index (χ3v) is 4.94. The van der Waals surface area contributed by atoms with Gasteiger partial charge in [-0.2, -0.15) is 0 Å². The quantitative estimate of drug-likeness (QED) is 0.312. The van der Waals surface area contributed by atoms with E-state index in [-0.39, 0.29) is 11.5 Å². The Kier molecular flexibility index (Phi) is 10.5. The van der Waals surface area contributed by atoms with Crippen LogP contribution in [0.2, 0.25) is 0 Å². The van der Waals surface area contributed by atoms with E-state index < -0.39 is 36.3 Å². The average Bonchev–Trinajstić information content (AvgIpc) is 2.52. The SMILES string of the molecule is C=CCS[C@H]1O[C@H]([C@H]([NH3+])CC(C)(C)C=C)[C@H](O)[C@H](O)[C@H]1O.O=C[O-]. The number of hydrogen-bond acceptors (Lipinski definition) is 7. The summed E-state index contributed by atoms with van der Waals surface area (Å²) in [6.45, 7) is 11.0. The lowest BCUT2D eigenvalue weighted by molar-refractivity contribution is -0.455. The van der Waals surface area contributed by atoms with E-state index in [4.69, 9.17) is 14.6 Å². The van der Waals surface area contributed by atoms with Gasteiger partial charge >= 0.3 is 0 Å². The Morgan fingerprint density at radius 1 is 1.29 bits per heavy atom. The molecule has 0 saturated carbocycles. The minimum absolute atomic E-state index is 0.139. The average molecular weight is 363 g/mol. The smallest absolute Gasteiger partial charge is 0.139 e. The number of thioether (sulfide) groups is 1. The van der Waals surface area contributed by atoms with Gasteiger partial charge < -0.3 is 35.7 Å². The lowest BCUT2D eigenvalue weighted by Crippen LogP contribution is -2.73. The fraction of sp³-hybridized carbons (Fsp3) is 0.688. The van der Waals surface area contributed by atoms with Gasteiger partial charge in [-0.1, -0.05) is 26.0 Å². The molecule has 0 unspecified atom stereocenters. The second-order valence-electron chi connectivity index (χ2n) is 6.32. The summed E-state index contributed by atoms with van der Waals surface area (Å²) in [4.78, 5) is 8.25. The molecule has 1 fully saturated rings. The molecule has 0 aromatic carbocycles. The molecule has 140 valence electrons. The topological polar surface area (TPSA) is 138 Å². The summed E-state index contributed by atoms with van der Waals surface area (Å²) in [6.07, 6.45) is 0.0853. The normalized spacial score (nSPS) is 31.3. The molecule has 6 N–H and O–H groups in total. The van der Waals surface area contributed by atoms with Crippen LogP contribution in [-0.4, -0.2) is 63.4 Å². The summed E-state index contributed by atoms with van der Waals surface area (Å²) in [5.41, 5.74) is 3.33. The molecule has 7 nitrogen and oxygen atoms in total. The van der Waals surface area contributed by atoms with Gasteiger partial charge in [-0.15, -0.1) is 24.9 Å². The van der Waals surface area contributed by atoms with E-state index in [1.165, 1.54) is 11.8 Å². The van der Waals surface area contributed by atoms with Crippen LogP contribution in [-0.2, 0) is 9.53 Å². The zero-order chi connectivity index (χ0) is 18.9. The molecule has 1 heterocycles. The van der Waals surface area contributed by atoms with Crippen molar-refractivity contribution in [3.8, 4) is 0 Å². The van der Waals surface area contributed by atoms with E-state index >= 15 is 0 Å². The Bertz CT molecular complexity index is 406. The molecule has 1 rings (SSSR count). The summed E-state index contributed by atoms with van der Waals surface area (Å²) in [6, 6.07) is -0.220. The van der Waals surface area contributed by atoms with Crippen LogP contribution in [0.4, 0.5) is 0 Å². The number of hydrogen-bond donors (Lipinski definition) is 4. The summed E-state index contributed by atoms with van der Waals surface area (Å²) in [5, 5.41) is 38.4. The molecule has 0 spiro atoms. The Morgan fingerprint density at radius 2 is 1.83 bits per heavy atom. The number of aliphatic hydroxyl groups excluding tert-OH is 3. The molecule has 0 radical (unpaired) electrons. The number of aliphatic hydroxyl groups is 3. The fourth-order valence-corrected chi connectivity index (χ4v) is 3.33. The largest absolute Gasteiger partial charge is 0.554 e. The van der Waals surface area contributed by atoms with E-state index in [0.717, 1.165) is 0 Å². The van der Waals surface area contributed by atoms with Crippen molar-refractivity contribution in [2.75, 3.05) is 5.75 Å². The third-order valence-electron chi connectivity index (χ3n) is 3.79. The standard InChI is InChI=1S/C15H27NO4S.CH2O2/c1-5-7-21-14-12(19)10(17)11(18)13(20-14)9(16)8-15(3,4)6-2;2-1-3/h5-6,9-14,17-19H,1-2,7-8,16H2,3-4H3;1H,(H,2,3)/t9-,10+,11-,12-,13-,14-;/m1./s1. The zero-order valence-electron chi connectivity index (χ0n) is 14.2. The first-order chi connectivity index (χ1) is 11.1. The maximum atomic E-state index is 10.2. The first kappa shape index (κ1) is 23.1. The Morgan fingerprint density at radius 3 is 2.29 bits per heavy atom. The molecule has 24 heavy (non-hydrogen) atoms. The van der Waals surface area contributed by atoms with Crippen LogP contribution in [0.25, 0.3) is 0 Å². The van der Waals surface area contributed by atoms with Crippen LogP contribution in [0, 0.1) is 5.41 Å². The highest BCUT2D eigenvalue weighted by atomic mass is 32.2. The highest BCUT2D eigenvalue weighted by Gasteiger charge is 2.47. The monoisotopic (exact) mass is 363 g/mol. The van der Waals surface area contributed by atoms with Crippen LogP contribution in [0.3, 0.4) is 0 Å². The minimum Gasteiger partial charge on any atom is -0.554 e. The maximum absolute atomic E-state index is 10.2. The summed E-state index contributed by atoms with van der Waals surface area (Å²) < 4.78 is 5.79. The van der Waals surface area contributed by atoms with Crippen LogP contribution >= 0.6 is 11.8 Å². The highest BCUT2D eigenvalue weighted by Crippen LogP contribution is 2.32. The van der Waals surface area contributed by atoms with Gasteiger partial charge in [-0.25, -0.2) is 0 Å². The van der Waals surface area contributed by atoms with Crippen LogP contribution in [0.5, 0.6) is 0 Å². The number of ether oxygens (including phenoxy) is 1. The van der Waals surface area contributed by atoms with Crippen molar-refractivity contribution in [1.29, 1.82) is 0 Å².